The van der Waals surface area contributed by atoms with E-state index >= 15 is 0 Å². The van der Waals surface area contributed by atoms with Crippen LogP contribution in [0.3, 0.4) is 0 Å². The average Bonchev–Trinajstić information content (AvgIpc) is 3.19. The first-order valence-electron chi connectivity index (χ1n) is 12.4. The maximum atomic E-state index is 12.5. The summed E-state index contributed by atoms with van der Waals surface area (Å²) in [4.78, 5) is 18.5. The Bertz CT molecular complexity index is 1430. The van der Waals surface area contributed by atoms with E-state index in [1.165, 1.54) is 10.1 Å². The molecule has 2 fully saturated rings. The van der Waals surface area contributed by atoms with E-state index in [1.54, 1.807) is 17.4 Å². The van der Waals surface area contributed by atoms with Crippen molar-refractivity contribution in [3.8, 4) is 16.3 Å². The van der Waals surface area contributed by atoms with Crippen LogP contribution in [0, 0.1) is 25.7 Å². The van der Waals surface area contributed by atoms with Gasteiger partial charge < -0.3 is 14.6 Å². The number of carbonyl (C=O) groups is 1. The monoisotopic (exact) mass is 487 g/mol. The lowest BCUT2D eigenvalue weighted by atomic mass is 9.71. The smallest absolute Gasteiger partial charge is 0.336 e. The van der Waals surface area contributed by atoms with Crippen molar-refractivity contribution in [1.82, 2.24) is 4.98 Å². The lowest BCUT2D eigenvalue weighted by Crippen LogP contribution is -2.39. The van der Waals surface area contributed by atoms with Crippen LogP contribution in [0.25, 0.3) is 31.6 Å². The van der Waals surface area contributed by atoms with Crippen molar-refractivity contribution < 1.29 is 19.4 Å². The molecule has 0 amide bonds. The SMILES string of the molecule is Cc1c(-c2cc(C(=O)O)c3c(O[C@H]4C[C@H](C5CCOCC5)C4)ccc(C)c3n2)sc2ccccc12. The predicted octanol–water partition coefficient (Wildman–Crippen LogP) is 7.02. The van der Waals surface area contributed by atoms with Crippen LogP contribution >= 0.6 is 11.3 Å². The Labute approximate surface area is 208 Å². The molecule has 180 valence electrons. The number of ether oxygens (including phenoxy) is 2. The van der Waals surface area contributed by atoms with Crippen molar-refractivity contribution in [3.63, 3.8) is 0 Å². The van der Waals surface area contributed by atoms with Gasteiger partial charge in [0.15, 0.2) is 0 Å². The topological polar surface area (TPSA) is 68.7 Å². The van der Waals surface area contributed by atoms with Crippen LogP contribution in [-0.2, 0) is 4.74 Å². The number of hydrogen-bond acceptors (Lipinski definition) is 5. The molecule has 1 saturated carbocycles. The van der Waals surface area contributed by atoms with Gasteiger partial charge in [-0.25, -0.2) is 9.78 Å². The maximum Gasteiger partial charge on any atom is 0.336 e. The second-order valence-corrected chi connectivity index (χ2v) is 11.0. The fourth-order valence-electron chi connectivity index (χ4n) is 5.70. The van der Waals surface area contributed by atoms with Gasteiger partial charge in [-0.05, 0) is 86.1 Å². The highest BCUT2D eigenvalue weighted by atomic mass is 32.1. The van der Waals surface area contributed by atoms with Crippen LogP contribution < -0.4 is 4.74 Å². The molecule has 0 bridgehead atoms. The molecule has 0 atom stereocenters. The first kappa shape index (κ1) is 22.5. The second-order valence-electron chi connectivity index (χ2n) is 9.94. The van der Waals surface area contributed by atoms with Crippen molar-refractivity contribution in [3.05, 3.63) is 59.2 Å². The minimum Gasteiger partial charge on any atom is -0.490 e. The lowest BCUT2D eigenvalue weighted by Gasteiger charge is -2.41. The zero-order valence-corrected chi connectivity index (χ0v) is 20.9. The molecule has 5 nitrogen and oxygen atoms in total. The highest BCUT2D eigenvalue weighted by Crippen LogP contribution is 2.43. The highest BCUT2D eigenvalue weighted by Gasteiger charge is 2.37. The number of thiophene rings is 1. The van der Waals surface area contributed by atoms with E-state index in [4.69, 9.17) is 14.5 Å². The molecule has 2 aromatic heterocycles. The van der Waals surface area contributed by atoms with Gasteiger partial charge in [-0.15, -0.1) is 11.3 Å². The van der Waals surface area contributed by atoms with Gasteiger partial charge in [-0.2, -0.15) is 0 Å². The summed E-state index contributed by atoms with van der Waals surface area (Å²) in [5.74, 6) is 1.08. The number of pyridine rings is 1. The van der Waals surface area contributed by atoms with Gasteiger partial charge in [0.1, 0.15) is 5.75 Å². The molecular formula is C29H29NO4S. The van der Waals surface area contributed by atoms with Gasteiger partial charge in [0.25, 0.3) is 0 Å². The number of aryl methyl sites for hydroxylation is 2. The molecule has 6 heteroatoms. The molecule has 35 heavy (non-hydrogen) atoms. The van der Waals surface area contributed by atoms with E-state index < -0.39 is 5.97 Å². The first-order chi connectivity index (χ1) is 17.0. The number of benzene rings is 2. The summed E-state index contributed by atoms with van der Waals surface area (Å²) in [6.07, 6.45) is 4.44. The van der Waals surface area contributed by atoms with Crippen molar-refractivity contribution in [1.29, 1.82) is 0 Å². The summed E-state index contributed by atoms with van der Waals surface area (Å²) in [6, 6.07) is 13.9. The van der Waals surface area contributed by atoms with E-state index in [9.17, 15) is 9.90 Å². The number of aromatic carboxylic acids is 1. The van der Waals surface area contributed by atoms with E-state index in [0.29, 0.717) is 28.3 Å². The van der Waals surface area contributed by atoms with E-state index in [-0.39, 0.29) is 11.7 Å². The summed E-state index contributed by atoms with van der Waals surface area (Å²) in [5, 5.41) is 12.0. The molecule has 0 spiro atoms. The molecule has 2 aromatic carbocycles. The minimum atomic E-state index is -0.957. The van der Waals surface area contributed by atoms with Gasteiger partial charge in [-0.1, -0.05) is 24.3 Å². The van der Waals surface area contributed by atoms with Gasteiger partial charge in [0.2, 0.25) is 0 Å². The van der Waals surface area contributed by atoms with Gasteiger partial charge in [-0.3, -0.25) is 0 Å². The quantitative estimate of drug-likeness (QED) is 0.328. The lowest BCUT2D eigenvalue weighted by molar-refractivity contribution is -0.0150. The fraction of sp³-hybridized carbons (Fsp3) is 0.379. The first-order valence-corrected chi connectivity index (χ1v) is 13.2. The minimum absolute atomic E-state index is 0.125. The summed E-state index contributed by atoms with van der Waals surface area (Å²) in [6.45, 7) is 5.80. The molecule has 0 radical (unpaired) electrons. The summed E-state index contributed by atoms with van der Waals surface area (Å²) < 4.78 is 13.1. The third kappa shape index (κ3) is 3.99. The Hall–Kier alpha value is -2.96. The van der Waals surface area contributed by atoms with Gasteiger partial charge in [0, 0.05) is 17.9 Å². The Balaban J connectivity index is 1.37. The van der Waals surface area contributed by atoms with Gasteiger partial charge in [0.05, 0.1) is 33.1 Å². The molecule has 1 saturated heterocycles. The Kier molecular flexibility index (Phi) is 5.73. The Morgan fingerprint density at radius 3 is 2.60 bits per heavy atom. The number of fused-ring (bicyclic) bond motifs is 2. The third-order valence-electron chi connectivity index (χ3n) is 7.79. The number of aromatic nitrogens is 1. The molecular weight excluding hydrogens is 458 g/mol. The number of carboxylic acids is 1. The molecule has 1 N–H and O–H groups in total. The van der Waals surface area contributed by atoms with E-state index in [0.717, 1.165) is 60.8 Å². The number of rotatable bonds is 5. The predicted molar refractivity (Wildman–Crippen MR) is 140 cm³/mol. The van der Waals surface area contributed by atoms with Crippen molar-refractivity contribution >= 4 is 38.3 Å². The molecule has 2 aliphatic rings. The second kappa shape index (κ2) is 8.92. The van der Waals surface area contributed by atoms with Crippen molar-refractivity contribution in [2.75, 3.05) is 13.2 Å². The Morgan fingerprint density at radius 1 is 1.09 bits per heavy atom. The number of hydrogen-bond donors (Lipinski definition) is 1. The van der Waals surface area contributed by atoms with Crippen molar-refractivity contribution in [2.24, 2.45) is 11.8 Å². The van der Waals surface area contributed by atoms with Crippen molar-refractivity contribution in [2.45, 2.75) is 45.6 Å². The molecule has 1 aliphatic heterocycles. The van der Waals surface area contributed by atoms with Crippen LogP contribution in [0.15, 0.2) is 42.5 Å². The van der Waals surface area contributed by atoms with E-state index in [1.807, 2.05) is 31.2 Å². The highest BCUT2D eigenvalue weighted by molar-refractivity contribution is 7.22. The summed E-state index contributed by atoms with van der Waals surface area (Å²) in [7, 11) is 0. The Morgan fingerprint density at radius 2 is 1.86 bits per heavy atom. The number of nitrogens with zero attached hydrogens (tertiary/aromatic N) is 1. The van der Waals surface area contributed by atoms with E-state index in [2.05, 4.69) is 19.1 Å². The summed E-state index contributed by atoms with van der Waals surface area (Å²) in [5.41, 5.74) is 3.74. The molecule has 4 aromatic rings. The zero-order chi connectivity index (χ0) is 24.1. The summed E-state index contributed by atoms with van der Waals surface area (Å²) >= 11 is 1.66. The van der Waals surface area contributed by atoms with Crippen LogP contribution in [0.5, 0.6) is 5.75 Å². The van der Waals surface area contributed by atoms with Crippen LogP contribution in [-0.4, -0.2) is 35.4 Å². The standard InChI is InChI=1S/C29H29NO4S/c1-16-7-8-24(34-20-13-19(14-20)18-9-11-33-12-10-18)26-22(29(31)32)15-23(30-27(16)26)28-17(2)21-5-3-4-6-25(21)35-28/h3-8,15,18-20H,9-14H2,1-2H3,(H,31,32)/t19-,20-. The maximum absolute atomic E-state index is 12.5. The average molecular weight is 488 g/mol. The molecule has 6 rings (SSSR count). The molecule has 0 unspecified atom stereocenters. The third-order valence-corrected chi connectivity index (χ3v) is 9.08. The van der Waals surface area contributed by atoms with Crippen LogP contribution in [0.4, 0.5) is 0 Å². The number of carboxylic acid groups (broad SMARTS) is 1. The molecule has 3 heterocycles. The normalized spacial score (nSPS) is 20.7. The molecule has 1 aliphatic carbocycles. The largest absolute Gasteiger partial charge is 0.490 e. The van der Waals surface area contributed by atoms with Gasteiger partial charge >= 0.3 is 5.97 Å². The fourth-order valence-corrected chi connectivity index (χ4v) is 6.87. The zero-order valence-electron chi connectivity index (χ0n) is 20.0. The van der Waals surface area contributed by atoms with Crippen LogP contribution in [0.1, 0.15) is 47.2 Å². The van der Waals surface area contributed by atoms with Crippen LogP contribution in [0.2, 0.25) is 0 Å².